The third kappa shape index (κ3) is 2.27. The van der Waals surface area contributed by atoms with E-state index in [0.717, 1.165) is 0 Å². The van der Waals surface area contributed by atoms with Crippen molar-refractivity contribution < 1.29 is 19.9 Å². The quantitative estimate of drug-likeness (QED) is 0.446. The molecular formula is C8H7NO5. The Labute approximate surface area is 78.8 Å². The molecule has 0 amide bonds. The average molecular weight is 197 g/mol. The highest BCUT2D eigenvalue weighted by molar-refractivity contribution is 5.73. The Morgan fingerprint density at radius 3 is 2.71 bits per heavy atom. The number of hydrogen-bond acceptors (Lipinski definition) is 5. The van der Waals surface area contributed by atoms with E-state index in [9.17, 15) is 14.9 Å². The monoisotopic (exact) mass is 197 g/mol. The Bertz CT molecular complexity index is 363. The number of nitrogens with zero attached hydrogens (tertiary/aromatic N) is 1. The second-order valence-corrected chi connectivity index (χ2v) is 2.53. The lowest BCUT2D eigenvalue weighted by Crippen LogP contribution is -2.06. The summed E-state index contributed by atoms with van der Waals surface area (Å²) in [5, 5.41) is 18.5. The Morgan fingerprint density at radius 2 is 2.14 bits per heavy atom. The van der Waals surface area contributed by atoms with Gasteiger partial charge in [0.1, 0.15) is 0 Å². The SMILES string of the molecule is O=C(Cc1ccccc1[N+](=O)[O-])OO. The third-order valence-electron chi connectivity index (χ3n) is 1.62. The van der Waals surface area contributed by atoms with Gasteiger partial charge in [0.05, 0.1) is 11.3 Å². The first-order chi connectivity index (χ1) is 6.65. The number of para-hydroxylation sites is 1. The van der Waals surface area contributed by atoms with Crippen molar-refractivity contribution in [1.82, 2.24) is 0 Å². The highest BCUT2D eigenvalue weighted by Gasteiger charge is 2.15. The molecule has 0 aromatic heterocycles. The van der Waals surface area contributed by atoms with Crippen LogP contribution < -0.4 is 0 Å². The van der Waals surface area contributed by atoms with Crippen LogP contribution in [0, 0.1) is 10.1 Å². The van der Waals surface area contributed by atoms with E-state index in [1.807, 2.05) is 0 Å². The highest BCUT2D eigenvalue weighted by atomic mass is 17.1. The molecule has 0 saturated heterocycles. The van der Waals surface area contributed by atoms with Crippen LogP contribution in [0.2, 0.25) is 0 Å². The number of benzene rings is 1. The summed E-state index contributed by atoms with van der Waals surface area (Å²) in [5.74, 6) is -0.931. The van der Waals surface area contributed by atoms with Gasteiger partial charge in [-0.25, -0.2) is 4.79 Å². The summed E-state index contributed by atoms with van der Waals surface area (Å²) in [5.41, 5.74) is 0.0365. The van der Waals surface area contributed by atoms with Crippen molar-refractivity contribution >= 4 is 11.7 Å². The minimum Gasteiger partial charge on any atom is -0.301 e. The van der Waals surface area contributed by atoms with Crippen molar-refractivity contribution in [3.8, 4) is 0 Å². The molecule has 14 heavy (non-hydrogen) atoms. The van der Waals surface area contributed by atoms with Gasteiger partial charge in [-0.05, 0) is 0 Å². The van der Waals surface area contributed by atoms with Crippen molar-refractivity contribution in [3.63, 3.8) is 0 Å². The van der Waals surface area contributed by atoms with Gasteiger partial charge < -0.3 is 4.89 Å². The molecule has 1 N–H and O–H groups in total. The summed E-state index contributed by atoms with van der Waals surface area (Å²) in [6.45, 7) is 0. The molecule has 0 radical (unpaired) electrons. The van der Waals surface area contributed by atoms with E-state index >= 15 is 0 Å². The molecule has 0 aliphatic heterocycles. The molecule has 0 fully saturated rings. The molecule has 0 aliphatic rings. The van der Waals surface area contributed by atoms with Gasteiger partial charge in [-0.2, -0.15) is 5.26 Å². The molecule has 0 saturated carbocycles. The van der Waals surface area contributed by atoms with E-state index in [1.54, 1.807) is 6.07 Å². The lowest BCUT2D eigenvalue weighted by Gasteiger charge is -1.99. The van der Waals surface area contributed by atoms with Crippen molar-refractivity contribution in [1.29, 1.82) is 0 Å². The number of rotatable bonds is 3. The van der Waals surface area contributed by atoms with E-state index < -0.39 is 10.9 Å². The van der Waals surface area contributed by atoms with Gasteiger partial charge in [0.2, 0.25) is 0 Å². The zero-order valence-corrected chi connectivity index (χ0v) is 7.04. The topological polar surface area (TPSA) is 89.7 Å². The third-order valence-corrected chi connectivity index (χ3v) is 1.62. The van der Waals surface area contributed by atoms with Crippen LogP contribution in [-0.4, -0.2) is 16.1 Å². The van der Waals surface area contributed by atoms with Crippen LogP contribution in [0.25, 0.3) is 0 Å². The highest BCUT2D eigenvalue weighted by Crippen LogP contribution is 2.18. The van der Waals surface area contributed by atoms with E-state index in [2.05, 4.69) is 4.89 Å². The number of carbonyl (C=O) groups is 1. The normalized spacial score (nSPS) is 9.50. The first kappa shape index (κ1) is 10.1. The van der Waals surface area contributed by atoms with Crippen LogP contribution in [0.1, 0.15) is 5.56 Å². The van der Waals surface area contributed by atoms with Gasteiger partial charge in [0, 0.05) is 11.6 Å². The van der Waals surface area contributed by atoms with Crippen LogP contribution in [0.5, 0.6) is 0 Å². The maximum atomic E-state index is 10.7. The molecular weight excluding hydrogens is 190 g/mol. The Hall–Kier alpha value is -1.95. The largest absolute Gasteiger partial charge is 0.346 e. The van der Waals surface area contributed by atoms with Crippen molar-refractivity contribution in [3.05, 3.63) is 39.9 Å². The maximum absolute atomic E-state index is 10.7. The predicted molar refractivity (Wildman–Crippen MR) is 45.5 cm³/mol. The molecule has 6 heteroatoms. The van der Waals surface area contributed by atoms with Gasteiger partial charge in [-0.1, -0.05) is 18.2 Å². The molecule has 0 spiro atoms. The second kappa shape index (κ2) is 4.33. The van der Waals surface area contributed by atoms with E-state index in [4.69, 9.17) is 5.26 Å². The van der Waals surface area contributed by atoms with E-state index in [0.29, 0.717) is 0 Å². The molecule has 0 unspecified atom stereocenters. The fraction of sp³-hybridized carbons (Fsp3) is 0.125. The molecule has 1 aromatic carbocycles. The lowest BCUT2D eigenvalue weighted by molar-refractivity contribution is -0.385. The first-order valence-corrected chi connectivity index (χ1v) is 3.71. The van der Waals surface area contributed by atoms with Crippen LogP contribution in [0.3, 0.4) is 0 Å². The van der Waals surface area contributed by atoms with Crippen LogP contribution in [0.15, 0.2) is 24.3 Å². The van der Waals surface area contributed by atoms with E-state index in [1.165, 1.54) is 18.2 Å². The van der Waals surface area contributed by atoms with Crippen molar-refractivity contribution in [2.24, 2.45) is 0 Å². The van der Waals surface area contributed by atoms with Crippen LogP contribution >= 0.6 is 0 Å². The number of nitro benzene ring substituents is 1. The summed E-state index contributed by atoms with van der Waals surface area (Å²) in [6, 6.07) is 5.76. The molecule has 1 aromatic rings. The van der Waals surface area contributed by atoms with Gasteiger partial charge >= 0.3 is 5.97 Å². The Kier molecular flexibility index (Phi) is 3.14. The van der Waals surface area contributed by atoms with Gasteiger partial charge in [0.15, 0.2) is 0 Å². The van der Waals surface area contributed by atoms with Gasteiger partial charge in [-0.3, -0.25) is 10.1 Å². The summed E-state index contributed by atoms with van der Waals surface area (Å²) < 4.78 is 0. The average Bonchev–Trinajstić information content (AvgIpc) is 2.18. The van der Waals surface area contributed by atoms with Crippen LogP contribution in [0.4, 0.5) is 5.69 Å². The predicted octanol–water partition coefficient (Wildman–Crippen LogP) is 1.15. The smallest absolute Gasteiger partial charge is 0.301 e. The van der Waals surface area contributed by atoms with Crippen molar-refractivity contribution in [2.75, 3.05) is 0 Å². The molecule has 74 valence electrons. The lowest BCUT2D eigenvalue weighted by atomic mass is 10.1. The van der Waals surface area contributed by atoms with Crippen LogP contribution in [-0.2, 0) is 16.1 Å². The molecule has 0 heterocycles. The number of nitro groups is 1. The number of hydrogen-bond donors (Lipinski definition) is 1. The summed E-state index contributed by atoms with van der Waals surface area (Å²) >= 11 is 0. The molecule has 0 bridgehead atoms. The minimum absolute atomic E-state index is 0.169. The Morgan fingerprint density at radius 1 is 1.50 bits per heavy atom. The number of carbonyl (C=O) groups excluding carboxylic acids is 1. The van der Waals surface area contributed by atoms with Crippen molar-refractivity contribution in [2.45, 2.75) is 6.42 Å². The zero-order valence-electron chi connectivity index (χ0n) is 7.04. The first-order valence-electron chi connectivity index (χ1n) is 3.71. The Balaban J connectivity index is 2.95. The fourth-order valence-electron chi connectivity index (χ4n) is 1.03. The summed E-state index contributed by atoms with van der Waals surface area (Å²) in [6.07, 6.45) is -0.326. The van der Waals surface area contributed by atoms with E-state index in [-0.39, 0.29) is 17.7 Å². The zero-order chi connectivity index (χ0) is 10.6. The minimum atomic E-state index is -0.931. The molecule has 0 atom stereocenters. The van der Waals surface area contributed by atoms with Gasteiger partial charge in [0.25, 0.3) is 5.69 Å². The molecule has 0 aliphatic carbocycles. The summed E-state index contributed by atoms with van der Waals surface area (Å²) in [4.78, 5) is 24.0. The summed E-state index contributed by atoms with van der Waals surface area (Å²) in [7, 11) is 0. The fourth-order valence-corrected chi connectivity index (χ4v) is 1.03. The maximum Gasteiger partial charge on any atom is 0.346 e. The standard InChI is InChI=1S/C8H7NO5/c10-8(14-13)5-6-3-1-2-4-7(6)9(11)12/h1-4,13H,5H2. The molecule has 6 nitrogen and oxygen atoms in total. The molecule has 1 rings (SSSR count). The van der Waals surface area contributed by atoms with Gasteiger partial charge in [-0.15, -0.1) is 0 Å². The second-order valence-electron chi connectivity index (χ2n) is 2.53.